The minimum atomic E-state index is -1.28. The molecule has 10 nitrogen and oxygen atoms in total. The summed E-state index contributed by atoms with van der Waals surface area (Å²) in [6.07, 6.45) is -1.41. The number of benzene rings is 1. The summed E-state index contributed by atoms with van der Waals surface area (Å²) in [6.45, 7) is 0. The summed E-state index contributed by atoms with van der Waals surface area (Å²) in [4.78, 5) is 56.9. The molecule has 0 aliphatic carbocycles. The lowest BCUT2D eigenvalue weighted by Crippen LogP contribution is -2.21. The fourth-order valence-electron chi connectivity index (χ4n) is 1.92. The molecular formula is C15H13I3N2O8. The van der Waals surface area contributed by atoms with Crippen molar-refractivity contribution in [2.24, 2.45) is 0 Å². The van der Waals surface area contributed by atoms with Crippen LogP contribution in [0.2, 0.25) is 0 Å². The number of anilines is 2. The van der Waals surface area contributed by atoms with Gasteiger partial charge in [-0.25, -0.2) is 4.79 Å². The van der Waals surface area contributed by atoms with E-state index in [-0.39, 0.29) is 36.9 Å². The second-order valence-corrected chi connectivity index (χ2v) is 8.49. The molecule has 0 spiro atoms. The normalized spacial score (nSPS) is 10.2. The van der Waals surface area contributed by atoms with Gasteiger partial charge in [-0.05, 0) is 67.8 Å². The number of carbonyl (C=O) groups is 5. The highest BCUT2D eigenvalue weighted by molar-refractivity contribution is 14.1. The van der Waals surface area contributed by atoms with Crippen molar-refractivity contribution >= 4 is 109 Å². The van der Waals surface area contributed by atoms with Gasteiger partial charge in [-0.1, -0.05) is 0 Å². The van der Waals surface area contributed by atoms with E-state index in [1.807, 2.05) is 22.6 Å². The number of amides is 2. The molecule has 152 valence electrons. The van der Waals surface area contributed by atoms with Gasteiger partial charge in [0.2, 0.25) is 11.8 Å². The summed E-state index contributed by atoms with van der Waals surface area (Å²) in [5.74, 6) is -4.84. The summed E-state index contributed by atoms with van der Waals surface area (Å²) >= 11 is 5.31. The average Bonchev–Trinajstić information content (AvgIpc) is 2.58. The Balaban J connectivity index is 3.32. The Kier molecular flexibility index (Phi) is 9.81. The van der Waals surface area contributed by atoms with Crippen LogP contribution >= 0.6 is 67.8 Å². The quantitative estimate of drug-likeness (QED) is 0.242. The minimum absolute atomic E-state index is 0.128. The largest absolute Gasteiger partial charge is 0.481 e. The first-order valence-corrected chi connectivity index (χ1v) is 10.7. The minimum Gasteiger partial charge on any atom is -0.481 e. The Hall–Kier alpha value is -1.24. The molecule has 28 heavy (non-hydrogen) atoms. The van der Waals surface area contributed by atoms with E-state index in [2.05, 4.69) is 10.6 Å². The maximum Gasteiger partial charge on any atom is 0.338 e. The molecule has 1 rings (SSSR count). The highest BCUT2D eigenvalue weighted by Crippen LogP contribution is 2.39. The van der Waals surface area contributed by atoms with Crippen molar-refractivity contribution in [1.29, 1.82) is 0 Å². The molecule has 0 aliphatic heterocycles. The highest BCUT2D eigenvalue weighted by atomic mass is 127. The Morgan fingerprint density at radius 1 is 0.643 bits per heavy atom. The van der Waals surface area contributed by atoms with Crippen molar-refractivity contribution in [1.82, 2.24) is 0 Å². The first-order valence-electron chi connectivity index (χ1n) is 7.42. The number of hydrogen-bond donors (Lipinski definition) is 5. The summed E-state index contributed by atoms with van der Waals surface area (Å²) in [5, 5.41) is 31.8. The molecule has 0 aliphatic rings. The highest BCUT2D eigenvalue weighted by Gasteiger charge is 2.26. The lowest BCUT2D eigenvalue weighted by atomic mass is 10.1. The van der Waals surface area contributed by atoms with E-state index in [9.17, 15) is 29.1 Å². The first-order chi connectivity index (χ1) is 13.0. The fraction of sp³-hybridized carbons (Fsp3) is 0.267. The van der Waals surface area contributed by atoms with E-state index in [4.69, 9.17) is 10.2 Å². The van der Waals surface area contributed by atoms with Crippen LogP contribution in [-0.4, -0.2) is 45.0 Å². The molecule has 0 unspecified atom stereocenters. The van der Waals surface area contributed by atoms with Crippen molar-refractivity contribution in [3.8, 4) is 0 Å². The van der Waals surface area contributed by atoms with Crippen LogP contribution in [0.5, 0.6) is 0 Å². The first kappa shape index (κ1) is 24.8. The molecule has 0 fully saturated rings. The number of carboxylic acid groups (broad SMARTS) is 3. The number of aromatic carboxylic acids is 1. The van der Waals surface area contributed by atoms with Gasteiger partial charge in [0.1, 0.15) is 0 Å². The lowest BCUT2D eigenvalue weighted by Gasteiger charge is -2.18. The van der Waals surface area contributed by atoms with Gasteiger partial charge in [0.05, 0.1) is 40.5 Å². The van der Waals surface area contributed by atoms with Crippen LogP contribution in [0.15, 0.2) is 0 Å². The molecular weight excluding hydrogens is 717 g/mol. The number of carbonyl (C=O) groups excluding carboxylic acids is 2. The molecule has 5 N–H and O–H groups in total. The molecule has 0 saturated heterocycles. The smallest absolute Gasteiger partial charge is 0.338 e. The summed E-state index contributed by atoms with van der Waals surface area (Å²) in [6, 6.07) is 0. The van der Waals surface area contributed by atoms with E-state index in [0.29, 0.717) is 3.57 Å². The number of carboxylic acids is 3. The Bertz CT molecular complexity index is 797. The fourth-order valence-corrected chi connectivity index (χ4v) is 6.08. The van der Waals surface area contributed by atoms with Crippen LogP contribution in [0.25, 0.3) is 0 Å². The van der Waals surface area contributed by atoms with Crippen molar-refractivity contribution < 1.29 is 39.3 Å². The van der Waals surface area contributed by atoms with Crippen molar-refractivity contribution in [3.05, 3.63) is 16.3 Å². The van der Waals surface area contributed by atoms with E-state index in [1.54, 1.807) is 45.2 Å². The van der Waals surface area contributed by atoms with Crippen LogP contribution < -0.4 is 10.6 Å². The number of aliphatic carboxylic acids is 2. The second kappa shape index (κ2) is 11.1. The van der Waals surface area contributed by atoms with Gasteiger partial charge in [-0.2, -0.15) is 0 Å². The predicted octanol–water partition coefficient (Wildman–Crippen LogP) is 2.81. The summed E-state index contributed by atoms with van der Waals surface area (Å²) < 4.78 is 0.765. The van der Waals surface area contributed by atoms with Gasteiger partial charge in [0, 0.05) is 12.8 Å². The molecule has 0 heterocycles. The molecule has 0 bridgehead atoms. The molecule has 1 aromatic carbocycles. The average molecular weight is 730 g/mol. The van der Waals surface area contributed by atoms with Gasteiger partial charge in [-0.15, -0.1) is 0 Å². The maximum absolute atomic E-state index is 12.0. The van der Waals surface area contributed by atoms with Crippen molar-refractivity contribution in [2.45, 2.75) is 25.7 Å². The molecule has 13 heteroatoms. The molecule has 0 radical (unpaired) electrons. The summed E-state index contributed by atoms with van der Waals surface area (Å²) in [5.41, 5.74) is 0.106. The number of halogens is 3. The predicted molar refractivity (Wildman–Crippen MR) is 123 cm³/mol. The monoisotopic (exact) mass is 730 g/mol. The second-order valence-electron chi connectivity index (χ2n) is 5.26. The third-order valence-corrected chi connectivity index (χ3v) is 6.43. The Morgan fingerprint density at radius 3 is 1.29 bits per heavy atom. The van der Waals surface area contributed by atoms with Crippen LogP contribution in [0.3, 0.4) is 0 Å². The van der Waals surface area contributed by atoms with Crippen LogP contribution in [0, 0.1) is 10.7 Å². The van der Waals surface area contributed by atoms with Gasteiger partial charge in [0.25, 0.3) is 0 Å². The van der Waals surface area contributed by atoms with E-state index < -0.39 is 42.6 Å². The number of nitrogens with one attached hydrogen (secondary N) is 2. The van der Waals surface area contributed by atoms with Crippen LogP contribution in [0.1, 0.15) is 36.0 Å². The standard InChI is InChI=1S/C15H13I3N2O8/c16-10-9(15(27)28)11(17)14(20-6(22)2-4-8(25)26)12(18)13(10)19-5(21)1-3-7(23)24/h1-4H2,(H,19,21)(H,20,22)(H,23,24)(H,25,26)(H,27,28). The number of rotatable bonds is 9. The summed E-state index contributed by atoms with van der Waals surface area (Å²) in [7, 11) is 0. The van der Waals surface area contributed by atoms with E-state index >= 15 is 0 Å². The van der Waals surface area contributed by atoms with Crippen molar-refractivity contribution in [2.75, 3.05) is 10.6 Å². The lowest BCUT2D eigenvalue weighted by molar-refractivity contribution is -0.138. The third kappa shape index (κ3) is 6.98. The third-order valence-electron chi connectivity index (χ3n) is 3.19. The molecule has 2 amide bonds. The molecule has 0 saturated carbocycles. The van der Waals surface area contributed by atoms with Gasteiger partial charge in [-0.3, -0.25) is 19.2 Å². The van der Waals surface area contributed by atoms with Gasteiger partial charge < -0.3 is 26.0 Å². The SMILES string of the molecule is O=C(O)CCC(=O)Nc1c(I)c(NC(=O)CCC(=O)O)c(I)c(C(=O)O)c1I. The molecule has 0 atom stereocenters. The Labute approximate surface area is 199 Å². The topological polar surface area (TPSA) is 170 Å². The van der Waals surface area contributed by atoms with Crippen LogP contribution in [0.4, 0.5) is 11.4 Å². The van der Waals surface area contributed by atoms with Gasteiger partial charge in [0.15, 0.2) is 0 Å². The van der Waals surface area contributed by atoms with Crippen molar-refractivity contribution in [3.63, 3.8) is 0 Å². The van der Waals surface area contributed by atoms with Crippen LogP contribution in [-0.2, 0) is 19.2 Å². The Morgan fingerprint density at radius 2 is 1.00 bits per heavy atom. The molecule has 1 aromatic rings. The molecule has 0 aromatic heterocycles. The van der Waals surface area contributed by atoms with E-state index in [1.165, 1.54) is 0 Å². The van der Waals surface area contributed by atoms with Gasteiger partial charge >= 0.3 is 17.9 Å². The maximum atomic E-state index is 12.0. The van der Waals surface area contributed by atoms with E-state index in [0.717, 1.165) is 0 Å². The zero-order valence-electron chi connectivity index (χ0n) is 13.8. The number of hydrogen-bond acceptors (Lipinski definition) is 5. The zero-order chi connectivity index (χ0) is 21.6. The zero-order valence-corrected chi connectivity index (χ0v) is 20.3.